The first kappa shape index (κ1) is 20.6. The van der Waals surface area contributed by atoms with Crippen LogP contribution in [0.25, 0.3) is 0 Å². The number of ether oxygens (including phenoxy) is 1. The number of aliphatic hydroxyl groups is 1. The minimum absolute atomic E-state index is 0.0862. The molecule has 0 amide bonds. The van der Waals surface area contributed by atoms with E-state index < -0.39 is 0 Å². The number of allylic oxidation sites excluding steroid dienone is 1. The van der Waals surface area contributed by atoms with Crippen LogP contribution in [0.3, 0.4) is 0 Å². The second-order valence-electron chi connectivity index (χ2n) is 12.6. The number of fused-ring (bicyclic) bond motifs is 5. The molecule has 4 aliphatic carbocycles. The Balaban J connectivity index is 1.30. The summed E-state index contributed by atoms with van der Waals surface area (Å²) in [5.74, 6) is 4.41. The summed E-state index contributed by atoms with van der Waals surface area (Å²) in [6, 6.07) is 0. The van der Waals surface area contributed by atoms with Gasteiger partial charge in [-0.3, -0.25) is 0 Å². The van der Waals surface area contributed by atoms with Gasteiger partial charge in [0.25, 0.3) is 0 Å². The Kier molecular flexibility index (Phi) is 4.84. The van der Waals surface area contributed by atoms with E-state index in [0.717, 1.165) is 42.4 Å². The SMILES string of the molecule is C[C@H](CC[C@H]1OC1(C)C)[C@H]1CC[C@H]2[C@@H]3CC=C4C[C@@H](O)CC[C@]4(C)[C@@H]3CC[C@]12C. The number of hydrogen-bond acceptors (Lipinski definition) is 2. The standard InChI is InChI=1S/C27H44O2/c1-17(6-11-24-25(2,3)29-24)21-9-10-22-20-8-7-18-16-19(28)12-14-26(18,4)23(20)13-15-27(21,22)5/h7,17,19-24,28H,6,8-16H2,1-5H3/t17-,19+,20+,21-,22+,23-,24-,26+,27-/m1/s1. The summed E-state index contributed by atoms with van der Waals surface area (Å²) in [5.41, 5.74) is 2.68. The van der Waals surface area contributed by atoms with Crippen molar-refractivity contribution in [3.05, 3.63) is 11.6 Å². The van der Waals surface area contributed by atoms with Gasteiger partial charge in [0.05, 0.1) is 17.8 Å². The van der Waals surface area contributed by atoms with Crippen LogP contribution in [0, 0.1) is 40.4 Å². The molecule has 0 aromatic rings. The molecule has 1 N–H and O–H groups in total. The maximum atomic E-state index is 10.2. The van der Waals surface area contributed by atoms with Crippen LogP contribution in [0.4, 0.5) is 0 Å². The number of aliphatic hydroxyl groups excluding tert-OH is 1. The quantitative estimate of drug-likeness (QED) is 0.430. The Morgan fingerprint density at radius 3 is 2.55 bits per heavy atom. The van der Waals surface area contributed by atoms with E-state index in [0.29, 0.717) is 16.9 Å². The lowest BCUT2D eigenvalue weighted by atomic mass is 9.47. The van der Waals surface area contributed by atoms with Crippen molar-refractivity contribution in [2.24, 2.45) is 40.4 Å². The zero-order chi connectivity index (χ0) is 20.6. The summed E-state index contributed by atoms with van der Waals surface area (Å²) in [6.45, 7) is 12.3. The molecule has 5 aliphatic rings. The molecule has 9 atom stereocenters. The monoisotopic (exact) mass is 400 g/mol. The van der Waals surface area contributed by atoms with Crippen molar-refractivity contribution >= 4 is 0 Å². The van der Waals surface area contributed by atoms with Gasteiger partial charge < -0.3 is 9.84 Å². The molecular weight excluding hydrogens is 356 g/mol. The van der Waals surface area contributed by atoms with Gasteiger partial charge in [0, 0.05) is 0 Å². The first-order valence-corrected chi connectivity index (χ1v) is 12.7. The van der Waals surface area contributed by atoms with Gasteiger partial charge >= 0.3 is 0 Å². The molecule has 29 heavy (non-hydrogen) atoms. The lowest BCUT2D eigenvalue weighted by molar-refractivity contribution is -0.0573. The molecule has 3 saturated carbocycles. The van der Waals surface area contributed by atoms with E-state index in [9.17, 15) is 5.11 Å². The van der Waals surface area contributed by atoms with Crippen LogP contribution < -0.4 is 0 Å². The van der Waals surface area contributed by atoms with Gasteiger partial charge in [0.1, 0.15) is 0 Å². The summed E-state index contributed by atoms with van der Waals surface area (Å²) in [6.07, 6.45) is 15.8. The van der Waals surface area contributed by atoms with Crippen molar-refractivity contribution in [3.63, 3.8) is 0 Å². The van der Waals surface area contributed by atoms with Gasteiger partial charge in [-0.15, -0.1) is 0 Å². The van der Waals surface area contributed by atoms with Crippen molar-refractivity contribution in [3.8, 4) is 0 Å². The number of epoxide rings is 1. The molecule has 0 aromatic heterocycles. The lowest BCUT2D eigenvalue weighted by Crippen LogP contribution is -2.50. The Morgan fingerprint density at radius 2 is 1.83 bits per heavy atom. The Hall–Kier alpha value is -0.340. The number of rotatable bonds is 4. The molecule has 0 bridgehead atoms. The average Bonchev–Trinajstić information content (AvgIpc) is 3.11. The van der Waals surface area contributed by atoms with Gasteiger partial charge in [-0.2, -0.15) is 0 Å². The predicted molar refractivity (Wildman–Crippen MR) is 119 cm³/mol. The van der Waals surface area contributed by atoms with E-state index in [4.69, 9.17) is 4.74 Å². The summed E-state index contributed by atoms with van der Waals surface area (Å²) in [7, 11) is 0. The summed E-state index contributed by atoms with van der Waals surface area (Å²) in [4.78, 5) is 0. The van der Waals surface area contributed by atoms with E-state index in [2.05, 4.69) is 40.7 Å². The molecule has 2 heteroatoms. The van der Waals surface area contributed by atoms with Crippen LogP contribution in [-0.4, -0.2) is 22.9 Å². The first-order valence-electron chi connectivity index (χ1n) is 12.7. The second-order valence-corrected chi connectivity index (χ2v) is 12.6. The van der Waals surface area contributed by atoms with Crippen molar-refractivity contribution in [1.29, 1.82) is 0 Å². The van der Waals surface area contributed by atoms with Gasteiger partial charge in [-0.25, -0.2) is 0 Å². The third-order valence-electron chi connectivity index (χ3n) is 10.9. The maximum absolute atomic E-state index is 10.2. The van der Waals surface area contributed by atoms with E-state index in [1.165, 1.54) is 51.4 Å². The normalized spacial score (nSPS) is 51.4. The van der Waals surface area contributed by atoms with Crippen LogP contribution in [-0.2, 0) is 4.74 Å². The smallest absolute Gasteiger partial charge is 0.0892 e. The highest BCUT2D eigenvalue weighted by Gasteiger charge is 2.59. The molecular formula is C27H44O2. The molecule has 0 aromatic carbocycles. The van der Waals surface area contributed by atoms with Gasteiger partial charge in [-0.1, -0.05) is 32.4 Å². The molecule has 0 unspecified atom stereocenters. The molecule has 1 saturated heterocycles. The van der Waals surface area contributed by atoms with E-state index in [1.807, 2.05) is 0 Å². The predicted octanol–water partition coefficient (Wildman–Crippen LogP) is 6.52. The molecule has 1 aliphatic heterocycles. The highest BCUT2D eigenvalue weighted by molar-refractivity contribution is 5.25. The molecule has 2 nitrogen and oxygen atoms in total. The van der Waals surface area contributed by atoms with Crippen LogP contribution in [0.15, 0.2) is 11.6 Å². The van der Waals surface area contributed by atoms with Gasteiger partial charge in [-0.05, 0) is 118 Å². The third-order valence-corrected chi connectivity index (χ3v) is 10.9. The summed E-state index contributed by atoms with van der Waals surface area (Å²) < 4.78 is 5.86. The fourth-order valence-electron chi connectivity index (χ4n) is 8.97. The Labute approximate surface area is 178 Å². The second kappa shape index (κ2) is 6.83. The molecule has 5 rings (SSSR count). The molecule has 0 radical (unpaired) electrons. The summed E-state index contributed by atoms with van der Waals surface area (Å²) >= 11 is 0. The maximum Gasteiger partial charge on any atom is 0.0892 e. The van der Waals surface area contributed by atoms with E-state index in [-0.39, 0.29) is 11.7 Å². The Morgan fingerprint density at radius 1 is 1.07 bits per heavy atom. The van der Waals surface area contributed by atoms with Crippen LogP contribution in [0.2, 0.25) is 0 Å². The molecule has 164 valence electrons. The minimum atomic E-state index is -0.0862. The lowest BCUT2D eigenvalue weighted by Gasteiger charge is -2.58. The minimum Gasteiger partial charge on any atom is -0.393 e. The van der Waals surface area contributed by atoms with Crippen molar-refractivity contribution in [2.75, 3.05) is 0 Å². The fraction of sp³-hybridized carbons (Fsp3) is 0.926. The molecule has 0 spiro atoms. The van der Waals surface area contributed by atoms with E-state index >= 15 is 0 Å². The topological polar surface area (TPSA) is 32.8 Å². The molecule has 1 heterocycles. The highest BCUT2D eigenvalue weighted by atomic mass is 16.6. The average molecular weight is 401 g/mol. The molecule has 4 fully saturated rings. The summed E-state index contributed by atoms with van der Waals surface area (Å²) in [5, 5.41) is 10.2. The van der Waals surface area contributed by atoms with Gasteiger partial charge in [0.2, 0.25) is 0 Å². The number of hydrogen-bond donors (Lipinski definition) is 1. The van der Waals surface area contributed by atoms with E-state index in [1.54, 1.807) is 5.57 Å². The van der Waals surface area contributed by atoms with Crippen molar-refractivity contribution in [2.45, 2.75) is 117 Å². The zero-order valence-electron chi connectivity index (χ0n) is 19.5. The van der Waals surface area contributed by atoms with Crippen molar-refractivity contribution < 1.29 is 9.84 Å². The van der Waals surface area contributed by atoms with Gasteiger partial charge in [0.15, 0.2) is 0 Å². The Bertz CT molecular complexity index is 680. The van der Waals surface area contributed by atoms with Crippen LogP contribution in [0.1, 0.15) is 98.8 Å². The van der Waals surface area contributed by atoms with Crippen LogP contribution in [0.5, 0.6) is 0 Å². The fourth-order valence-corrected chi connectivity index (χ4v) is 8.97. The third kappa shape index (κ3) is 3.18. The first-order chi connectivity index (χ1) is 13.6. The van der Waals surface area contributed by atoms with Crippen molar-refractivity contribution in [1.82, 2.24) is 0 Å². The van der Waals surface area contributed by atoms with Crippen LogP contribution >= 0.6 is 0 Å². The highest BCUT2D eigenvalue weighted by Crippen LogP contribution is 2.67. The largest absolute Gasteiger partial charge is 0.393 e. The zero-order valence-corrected chi connectivity index (χ0v) is 19.5.